The Hall–Kier alpha value is -1.92. The van der Waals surface area contributed by atoms with Gasteiger partial charge >= 0.3 is 0 Å². The van der Waals surface area contributed by atoms with E-state index in [-0.39, 0.29) is 18.0 Å². The van der Waals surface area contributed by atoms with E-state index in [2.05, 4.69) is 0 Å². The van der Waals surface area contributed by atoms with Gasteiger partial charge in [0.1, 0.15) is 18.2 Å². The summed E-state index contributed by atoms with van der Waals surface area (Å²) in [5.74, 6) is 0.233. The standard InChI is InChI=1S/C16H18FNO3S/c1-13-4-3-5-15(12-13)21-11-10-18(2)22(19,20)16-8-6-14(17)7-9-16/h3-9,12H,10-11H2,1-2H3. The molecule has 2 aromatic carbocycles. The Kier molecular flexibility index (Phi) is 5.15. The molecule has 0 fully saturated rings. The van der Waals surface area contributed by atoms with Crippen molar-refractivity contribution in [3.63, 3.8) is 0 Å². The molecule has 0 N–H and O–H groups in total. The van der Waals surface area contributed by atoms with Crippen molar-refractivity contribution in [3.05, 3.63) is 59.9 Å². The molecule has 0 radical (unpaired) electrons. The summed E-state index contributed by atoms with van der Waals surface area (Å²) in [6, 6.07) is 12.3. The van der Waals surface area contributed by atoms with Gasteiger partial charge in [0.25, 0.3) is 0 Å². The quantitative estimate of drug-likeness (QED) is 0.821. The van der Waals surface area contributed by atoms with Crippen LogP contribution in [0.15, 0.2) is 53.4 Å². The van der Waals surface area contributed by atoms with Gasteiger partial charge in [-0.25, -0.2) is 12.8 Å². The fourth-order valence-electron chi connectivity index (χ4n) is 1.90. The molecule has 4 nitrogen and oxygen atoms in total. The van der Waals surface area contributed by atoms with Gasteiger partial charge in [0, 0.05) is 13.6 Å². The van der Waals surface area contributed by atoms with Crippen molar-refractivity contribution in [3.8, 4) is 5.75 Å². The predicted molar refractivity (Wildman–Crippen MR) is 82.9 cm³/mol. The van der Waals surface area contributed by atoms with E-state index in [1.54, 1.807) is 0 Å². The molecule has 0 saturated heterocycles. The van der Waals surface area contributed by atoms with Gasteiger partial charge < -0.3 is 4.74 Å². The number of rotatable bonds is 6. The Morgan fingerprint density at radius 1 is 1.14 bits per heavy atom. The Labute approximate surface area is 130 Å². The largest absolute Gasteiger partial charge is 0.492 e. The van der Waals surface area contributed by atoms with Gasteiger partial charge in [-0.3, -0.25) is 0 Å². The van der Waals surface area contributed by atoms with Crippen molar-refractivity contribution in [1.29, 1.82) is 0 Å². The van der Waals surface area contributed by atoms with E-state index < -0.39 is 15.8 Å². The number of sulfonamides is 1. The van der Waals surface area contributed by atoms with Gasteiger partial charge in [-0.15, -0.1) is 0 Å². The van der Waals surface area contributed by atoms with Crippen LogP contribution in [0.5, 0.6) is 5.75 Å². The summed E-state index contributed by atoms with van der Waals surface area (Å²) in [5, 5.41) is 0. The Balaban J connectivity index is 1.96. The highest BCUT2D eigenvalue weighted by Gasteiger charge is 2.20. The molecule has 0 atom stereocenters. The summed E-state index contributed by atoms with van der Waals surface area (Å²) in [5.41, 5.74) is 1.07. The average molecular weight is 323 g/mol. The molecule has 0 aliphatic rings. The summed E-state index contributed by atoms with van der Waals surface area (Å²) < 4.78 is 44.2. The van der Waals surface area contributed by atoms with E-state index in [0.29, 0.717) is 5.75 Å². The van der Waals surface area contributed by atoms with Crippen LogP contribution in [0.2, 0.25) is 0 Å². The predicted octanol–water partition coefficient (Wildman–Crippen LogP) is 2.83. The van der Waals surface area contributed by atoms with Crippen molar-refractivity contribution in [2.24, 2.45) is 0 Å². The van der Waals surface area contributed by atoms with Crippen molar-refractivity contribution < 1.29 is 17.5 Å². The minimum Gasteiger partial charge on any atom is -0.492 e. The van der Waals surface area contributed by atoms with Crippen LogP contribution in [0.25, 0.3) is 0 Å². The third-order valence-corrected chi connectivity index (χ3v) is 5.06. The first-order chi connectivity index (χ1) is 10.4. The monoisotopic (exact) mass is 323 g/mol. The van der Waals surface area contributed by atoms with E-state index in [0.717, 1.165) is 17.7 Å². The number of benzene rings is 2. The molecule has 22 heavy (non-hydrogen) atoms. The SMILES string of the molecule is Cc1cccc(OCCN(C)S(=O)(=O)c2ccc(F)cc2)c1. The number of hydrogen-bond donors (Lipinski definition) is 0. The molecular formula is C16H18FNO3S. The van der Waals surface area contributed by atoms with E-state index in [9.17, 15) is 12.8 Å². The smallest absolute Gasteiger partial charge is 0.242 e. The highest BCUT2D eigenvalue weighted by atomic mass is 32.2. The number of ether oxygens (including phenoxy) is 1. The molecule has 0 heterocycles. The topological polar surface area (TPSA) is 46.6 Å². The second-order valence-electron chi connectivity index (χ2n) is 4.95. The van der Waals surface area contributed by atoms with E-state index in [1.165, 1.54) is 23.5 Å². The normalized spacial score (nSPS) is 11.6. The van der Waals surface area contributed by atoms with E-state index in [1.807, 2.05) is 31.2 Å². The highest BCUT2D eigenvalue weighted by Crippen LogP contribution is 2.15. The van der Waals surface area contributed by atoms with Crippen molar-refractivity contribution in [2.45, 2.75) is 11.8 Å². The molecule has 2 aromatic rings. The van der Waals surface area contributed by atoms with Gasteiger partial charge in [0.15, 0.2) is 0 Å². The molecule has 0 amide bonds. The maximum atomic E-state index is 12.9. The first-order valence-corrected chi connectivity index (χ1v) is 8.25. The van der Waals surface area contributed by atoms with Gasteiger partial charge in [0.05, 0.1) is 4.90 Å². The lowest BCUT2D eigenvalue weighted by atomic mass is 10.2. The zero-order chi connectivity index (χ0) is 16.2. The number of aryl methyl sites for hydroxylation is 1. The van der Waals surface area contributed by atoms with Crippen molar-refractivity contribution >= 4 is 10.0 Å². The molecule has 0 aliphatic carbocycles. The third-order valence-electron chi connectivity index (χ3n) is 3.19. The van der Waals surface area contributed by atoms with Crippen LogP contribution in [0.1, 0.15) is 5.56 Å². The summed E-state index contributed by atoms with van der Waals surface area (Å²) in [4.78, 5) is 0.0620. The summed E-state index contributed by atoms with van der Waals surface area (Å²) in [6.45, 7) is 2.39. The zero-order valence-electron chi connectivity index (χ0n) is 12.5. The highest BCUT2D eigenvalue weighted by molar-refractivity contribution is 7.89. The molecule has 0 spiro atoms. The second kappa shape index (κ2) is 6.89. The first kappa shape index (κ1) is 16.5. The van der Waals surface area contributed by atoms with E-state index in [4.69, 9.17) is 4.74 Å². The van der Waals surface area contributed by atoms with Crippen molar-refractivity contribution in [2.75, 3.05) is 20.2 Å². The molecule has 0 bridgehead atoms. The molecule has 118 valence electrons. The fraction of sp³-hybridized carbons (Fsp3) is 0.250. The molecular weight excluding hydrogens is 305 g/mol. The Bertz CT molecular complexity index is 729. The molecule has 6 heteroatoms. The summed E-state index contributed by atoms with van der Waals surface area (Å²) >= 11 is 0. The van der Waals surface area contributed by atoms with Crippen LogP contribution in [0.3, 0.4) is 0 Å². The van der Waals surface area contributed by atoms with Crippen LogP contribution in [0.4, 0.5) is 4.39 Å². The first-order valence-electron chi connectivity index (χ1n) is 6.81. The van der Waals surface area contributed by atoms with Crippen LogP contribution in [-0.2, 0) is 10.0 Å². The molecule has 0 unspecified atom stereocenters. The Morgan fingerprint density at radius 2 is 1.82 bits per heavy atom. The van der Waals surface area contributed by atoms with Gasteiger partial charge in [-0.2, -0.15) is 4.31 Å². The number of nitrogens with zero attached hydrogens (tertiary/aromatic N) is 1. The van der Waals surface area contributed by atoms with Gasteiger partial charge in [-0.05, 0) is 48.9 Å². The lowest BCUT2D eigenvalue weighted by Crippen LogP contribution is -2.31. The Morgan fingerprint density at radius 3 is 2.45 bits per heavy atom. The van der Waals surface area contributed by atoms with Crippen LogP contribution in [0, 0.1) is 12.7 Å². The number of halogens is 1. The minimum absolute atomic E-state index is 0.0620. The lowest BCUT2D eigenvalue weighted by molar-refractivity contribution is 0.286. The van der Waals surface area contributed by atoms with Crippen LogP contribution >= 0.6 is 0 Å². The maximum Gasteiger partial charge on any atom is 0.242 e. The molecule has 0 saturated carbocycles. The molecule has 0 aromatic heterocycles. The number of hydrogen-bond acceptors (Lipinski definition) is 3. The third kappa shape index (κ3) is 4.05. The molecule has 2 rings (SSSR count). The molecule has 0 aliphatic heterocycles. The van der Waals surface area contributed by atoms with Gasteiger partial charge in [0.2, 0.25) is 10.0 Å². The van der Waals surface area contributed by atoms with Crippen molar-refractivity contribution in [1.82, 2.24) is 4.31 Å². The van der Waals surface area contributed by atoms with Gasteiger partial charge in [-0.1, -0.05) is 12.1 Å². The summed E-state index contributed by atoms with van der Waals surface area (Å²) in [7, 11) is -2.16. The van der Waals surface area contributed by atoms with Crippen LogP contribution < -0.4 is 4.74 Å². The van der Waals surface area contributed by atoms with Crippen LogP contribution in [-0.4, -0.2) is 32.9 Å². The van der Waals surface area contributed by atoms with E-state index >= 15 is 0 Å². The second-order valence-corrected chi connectivity index (χ2v) is 6.99. The zero-order valence-corrected chi connectivity index (χ0v) is 13.3. The lowest BCUT2D eigenvalue weighted by Gasteiger charge is -2.17. The summed E-state index contributed by atoms with van der Waals surface area (Å²) in [6.07, 6.45) is 0. The minimum atomic E-state index is -3.63. The number of likely N-dealkylation sites (N-methyl/N-ethyl adjacent to an activating group) is 1. The fourth-order valence-corrected chi connectivity index (χ4v) is 3.06. The average Bonchev–Trinajstić information content (AvgIpc) is 2.47. The maximum absolute atomic E-state index is 12.9.